The highest BCUT2D eigenvalue weighted by Crippen LogP contribution is 2.27. The summed E-state index contributed by atoms with van der Waals surface area (Å²) in [6.45, 7) is 10.1. The summed E-state index contributed by atoms with van der Waals surface area (Å²) in [7, 11) is -4.14. The molecule has 4 aromatic carbocycles. The van der Waals surface area contributed by atoms with Crippen LogP contribution in [0.15, 0.2) is 108 Å². The number of carbonyl (C=O) groups excluding carboxylic acids is 2. The first-order chi connectivity index (χ1) is 22.0. The standard InChI is InChI=1S/C38H45N3O4S/c1-6-24-39-38(43)36(25-31-10-8-7-9-11-31)40(26-32-16-12-29(4)13-17-32)37(42)27-41(34-20-18-33(19-21-34)28(2)3)46(44,45)35-22-14-30(5)15-23-35/h7-23,28,36H,6,24-27H2,1-5H3,(H,39,43)/t36-/m0/s1. The number of rotatable bonds is 14. The average Bonchev–Trinajstić information content (AvgIpc) is 3.05. The molecule has 0 aliphatic rings. The summed E-state index contributed by atoms with van der Waals surface area (Å²) in [6, 6.07) is 30.4. The van der Waals surface area contributed by atoms with Gasteiger partial charge in [0.1, 0.15) is 12.6 Å². The molecule has 242 valence electrons. The summed E-state index contributed by atoms with van der Waals surface area (Å²) >= 11 is 0. The molecule has 1 N–H and O–H groups in total. The lowest BCUT2D eigenvalue weighted by Crippen LogP contribution is -2.53. The molecule has 0 bridgehead atoms. The molecule has 8 heteroatoms. The highest BCUT2D eigenvalue weighted by Gasteiger charge is 2.34. The third-order valence-corrected chi connectivity index (χ3v) is 9.82. The number of anilines is 1. The van der Waals surface area contributed by atoms with Crippen LogP contribution < -0.4 is 9.62 Å². The van der Waals surface area contributed by atoms with E-state index in [1.807, 2.05) is 87.5 Å². The molecule has 4 rings (SSSR count). The molecule has 0 spiro atoms. The Kier molecular flexibility index (Phi) is 11.8. The van der Waals surface area contributed by atoms with E-state index in [1.165, 1.54) is 4.90 Å². The van der Waals surface area contributed by atoms with Crippen molar-refractivity contribution in [3.05, 3.63) is 131 Å². The van der Waals surface area contributed by atoms with Crippen molar-refractivity contribution < 1.29 is 18.0 Å². The van der Waals surface area contributed by atoms with E-state index in [2.05, 4.69) is 19.2 Å². The van der Waals surface area contributed by atoms with Crippen LogP contribution in [-0.4, -0.2) is 44.3 Å². The van der Waals surface area contributed by atoms with Gasteiger partial charge in [-0.3, -0.25) is 13.9 Å². The van der Waals surface area contributed by atoms with Crippen LogP contribution in [0.25, 0.3) is 0 Å². The van der Waals surface area contributed by atoms with Crippen LogP contribution in [-0.2, 0) is 32.6 Å². The fourth-order valence-electron chi connectivity index (χ4n) is 5.20. The molecule has 46 heavy (non-hydrogen) atoms. The van der Waals surface area contributed by atoms with Crippen molar-refractivity contribution in [2.24, 2.45) is 0 Å². The smallest absolute Gasteiger partial charge is 0.264 e. The molecule has 0 saturated heterocycles. The van der Waals surface area contributed by atoms with E-state index < -0.39 is 28.5 Å². The van der Waals surface area contributed by atoms with Crippen LogP contribution in [0, 0.1) is 13.8 Å². The Balaban J connectivity index is 1.80. The van der Waals surface area contributed by atoms with Gasteiger partial charge in [0.05, 0.1) is 10.6 Å². The normalized spacial score (nSPS) is 12.0. The fraction of sp³-hybridized carbons (Fsp3) is 0.316. The predicted octanol–water partition coefficient (Wildman–Crippen LogP) is 6.79. The monoisotopic (exact) mass is 639 g/mol. The quantitative estimate of drug-likeness (QED) is 0.165. The maximum atomic E-state index is 14.6. The number of hydrogen-bond acceptors (Lipinski definition) is 4. The number of hydrogen-bond donors (Lipinski definition) is 1. The summed E-state index contributed by atoms with van der Waals surface area (Å²) in [4.78, 5) is 29.9. The summed E-state index contributed by atoms with van der Waals surface area (Å²) in [6.07, 6.45) is 1.02. The second kappa shape index (κ2) is 15.7. The molecule has 2 amide bonds. The van der Waals surface area contributed by atoms with Gasteiger partial charge in [0.25, 0.3) is 10.0 Å². The van der Waals surface area contributed by atoms with Crippen molar-refractivity contribution in [1.29, 1.82) is 0 Å². The van der Waals surface area contributed by atoms with E-state index in [-0.39, 0.29) is 29.7 Å². The maximum absolute atomic E-state index is 14.6. The molecule has 0 aliphatic carbocycles. The highest BCUT2D eigenvalue weighted by molar-refractivity contribution is 7.92. The van der Waals surface area contributed by atoms with Gasteiger partial charge in [-0.25, -0.2) is 8.42 Å². The maximum Gasteiger partial charge on any atom is 0.264 e. The minimum Gasteiger partial charge on any atom is -0.354 e. The second-order valence-electron chi connectivity index (χ2n) is 12.1. The van der Waals surface area contributed by atoms with E-state index in [4.69, 9.17) is 0 Å². The lowest BCUT2D eigenvalue weighted by atomic mass is 10.0. The van der Waals surface area contributed by atoms with Crippen molar-refractivity contribution in [2.75, 3.05) is 17.4 Å². The van der Waals surface area contributed by atoms with Gasteiger partial charge in [-0.15, -0.1) is 0 Å². The predicted molar refractivity (Wildman–Crippen MR) is 185 cm³/mol. The van der Waals surface area contributed by atoms with Crippen LogP contribution in [0.3, 0.4) is 0 Å². The van der Waals surface area contributed by atoms with Gasteiger partial charge in [0, 0.05) is 19.5 Å². The minimum atomic E-state index is -4.14. The molecule has 0 fully saturated rings. The van der Waals surface area contributed by atoms with E-state index in [1.54, 1.807) is 36.4 Å². The number of carbonyl (C=O) groups is 2. The molecule has 0 saturated carbocycles. The van der Waals surface area contributed by atoms with E-state index in [0.29, 0.717) is 12.2 Å². The van der Waals surface area contributed by atoms with Gasteiger partial charge in [0.2, 0.25) is 11.8 Å². The molecular formula is C38H45N3O4S. The van der Waals surface area contributed by atoms with E-state index in [9.17, 15) is 18.0 Å². The first-order valence-electron chi connectivity index (χ1n) is 15.9. The van der Waals surface area contributed by atoms with Gasteiger partial charge >= 0.3 is 0 Å². The third-order valence-electron chi connectivity index (χ3n) is 8.03. The van der Waals surface area contributed by atoms with Gasteiger partial charge in [0.15, 0.2) is 0 Å². The highest BCUT2D eigenvalue weighted by atomic mass is 32.2. The third kappa shape index (κ3) is 8.85. The first kappa shape index (κ1) is 34.4. The second-order valence-corrected chi connectivity index (χ2v) is 13.9. The zero-order chi connectivity index (χ0) is 33.3. The number of nitrogens with one attached hydrogen (secondary N) is 1. The molecular weight excluding hydrogens is 595 g/mol. The Morgan fingerprint density at radius 3 is 1.91 bits per heavy atom. The number of sulfonamides is 1. The minimum absolute atomic E-state index is 0.0884. The van der Waals surface area contributed by atoms with Gasteiger partial charge in [-0.05, 0) is 67.1 Å². The molecule has 1 atom stereocenters. The molecule has 0 aromatic heterocycles. The molecule has 0 heterocycles. The average molecular weight is 640 g/mol. The Bertz CT molecular complexity index is 1690. The van der Waals surface area contributed by atoms with Crippen molar-refractivity contribution in [3.63, 3.8) is 0 Å². The number of amides is 2. The first-order valence-corrected chi connectivity index (χ1v) is 17.3. The number of nitrogens with zero attached hydrogens (tertiary/aromatic N) is 2. The van der Waals surface area contributed by atoms with Gasteiger partial charge in [-0.2, -0.15) is 0 Å². The fourth-order valence-corrected chi connectivity index (χ4v) is 6.62. The molecule has 7 nitrogen and oxygen atoms in total. The van der Waals surface area contributed by atoms with Crippen LogP contribution in [0.5, 0.6) is 0 Å². The van der Waals surface area contributed by atoms with Crippen LogP contribution in [0.4, 0.5) is 5.69 Å². The summed E-state index contributed by atoms with van der Waals surface area (Å²) in [5.41, 5.74) is 5.17. The SMILES string of the molecule is CCCNC(=O)[C@H](Cc1ccccc1)N(Cc1ccc(C)cc1)C(=O)CN(c1ccc(C(C)C)cc1)S(=O)(=O)c1ccc(C)cc1. The van der Waals surface area contributed by atoms with Crippen molar-refractivity contribution in [3.8, 4) is 0 Å². The molecule has 4 aromatic rings. The topological polar surface area (TPSA) is 86.8 Å². The van der Waals surface area contributed by atoms with Crippen LogP contribution in [0.1, 0.15) is 60.9 Å². The van der Waals surface area contributed by atoms with Crippen LogP contribution in [0.2, 0.25) is 0 Å². The lowest BCUT2D eigenvalue weighted by molar-refractivity contribution is -0.140. The number of benzene rings is 4. The Hall–Kier alpha value is -4.43. The van der Waals surface area contributed by atoms with E-state index >= 15 is 0 Å². The van der Waals surface area contributed by atoms with Crippen molar-refractivity contribution in [1.82, 2.24) is 10.2 Å². The van der Waals surface area contributed by atoms with E-state index in [0.717, 1.165) is 38.5 Å². The molecule has 0 radical (unpaired) electrons. The number of aryl methyl sites for hydroxylation is 2. The summed E-state index contributed by atoms with van der Waals surface area (Å²) < 4.78 is 29.6. The van der Waals surface area contributed by atoms with Crippen molar-refractivity contribution in [2.45, 2.75) is 70.9 Å². The van der Waals surface area contributed by atoms with Gasteiger partial charge < -0.3 is 10.2 Å². The van der Waals surface area contributed by atoms with Crippen LogP contribution >= 0.6 is 0 Å². The zero-order valence-electron chi connectivity index (χ0n) is 27.4. The van der Waals surface area contributed by atoms with Crippen molar-refractivity contribution >= 4 is 27.5 Å². The molecule has 0 aliphatic heterocycles. The Morgan fingerprint density at radius 2 is 1.35 bits per heavy atom. The van der Waals surface area contributed by atoms with Gasteiger partial charge in [-0.1, -0.05) is 111 Å². The Morgan fingerprint density at radius 1 is 0.761 bits per heavy atom. The largest absolute Gasteiger partial charge is 0.354 e. The zero-order valence-corrected chi connectivity index (χ0v) is 28.3. The summed E-state index contributed by atoms with van der Waals surface area (Å²) in [5, 5.41) is 2.98. The lowest BCUT2D eigenvalue weighted by Gasteiger charge is -2.34. The summed E-state index contributed by atoms with van der Waals surface area (Å²) in [5.74, 6) is -0.500. The Labute approximate surface area is 274 Å². The molecule has 0 unspecified atom stereocenters.